The smallest absolute Gasteiger partial charge is 0.296 e. The first-order valence-electron chi connectivity index (χ1n) is 10.5. The van der Waals surface area contributed by atoms with Crippen LogP contribution in [0.25, 0.3) is 0 Å². The number of nitrogens with one attached hydrogen (secondary N) is 2. The summed E-state index contributed by atoms with van der Waals surface area (Å²) in [6.07, 6.45) is -0.124. The Hall–Kier alpha value is -2.80. The van der Waals surface area contributed by atoms with E-state index in [0.29, 0.717) is 0 Å². The van der Waals surface area contributed by atoms with Crippen LogP contribution in [-0.2, 0) is 38.2 Å². The molecule has 3 rings (SSSR count). The van der Waals surface area contributed by atoms with Crippen molar-refractivity contribution in [2.75, 3.05) is 13.2 Å². The Bertz CT molecular complexity index is 1140. The van der Waals surface area contributed by atoms with Crippen molar-refractivity contribution in [2.24, 2.45) is 0 Å². The highest BCUT2D eigenvalue weighted by molar-refractivity contribution is 7.87. The molecule has 184 valence electrons. The molecule has 12 heteroatoms. The van der Waals surface area contributed by atoms with Crippen molar-refractivity contribution in [1.82, 2.24) is 10.6 Å². The molecule has 10 nitrogen and oxygen atoms in total. The monoisotopic (exact) mass is 510 g/mol. The third-order valence-electron chi connectivity index (χ3n) is 5.18. The van der Waals surface area contributed by atoms with Crippen LogP contribution in [0.5, 0.6) is 0 Å². The van der Waals surface area contributed by atoms with Crippen molar-refractivity contribution in [3.63, 3.8) is 0 Å². The summed E-state index contributed by atoms with van der Waals surface area (Å²) in [5.74, 6) is -1.05. The van der Waals surface area contributed by atoms with E-state index < -0.39 is 44.1 Å². The van der Waals surface area contributed by atoms with Crippen molar-refractivity contribution in [1.29, 1.82) is 0 Å². The zero-order valence-electron chi connectivity index (χ0n) is 18.7. The van der Waals surface area contributed by atoms with Crippen molar-refractivity contribution >= 4 is 32.1 Å². The van der Waals surface area contributed by atoms with Crippen LogP contribution in [0.2, 0.25) is 0 Å². The molecule has 0 radical (unpaired) electrons. The van der Waals surface area contributed by atoms with E-state index in [0.717, 1.165) is 11.1 Å². The van der Waals surface area contributed by atoms with E-state index in [1.807, 2.05) is 13.8 Å². The van der Waals surface area contributed by atoms with Crippen molar-refractivity contribution in [3.05, 3.63) is 59.7 Å². The fourth-order valence-electron chi connectivity index (χ4n) is 3.18. The molecular weight excluding hydrogens is 484 g/mol. The van der Waals surface area contributed by atoms with Crippen LogP contribution in [0, 0.1) is 13.8 Å². The Balaban J connectivity index is 1.46. The average molecular weight is 511 g/mol. The Morgan fingerprint density at radius 3 is 1.29 bits per heavy atom. The topological polar surface area (TPSA) is 145 Å². The third kappa shape index (κ3) is 6.63. The second kappa shape index (κ2) is 10.6. The number of benzene rings is 2. The molecule has 0 aliphatic carbocycles. The lowest BCUT2D eigenvalue weighted by Gasteiger charge is -2.29. The summed E-state index contributed by atoms with van der Waals surface area (Å²) < 4.78 is 58.9. The molecule has 0 spiro atoms. The van der Waals surface area contributed by atoms with Gasteiger partial charge in [0.2, 0.25) is 11.8 Å². The molecule has 0 unspecified atom stereocenters. The zero-order valence-corrected chi connectivity index (χ0v) is 20.3. The van der Waals surface area contributed by atoms with Gasteiger partial charge in [0.25, 0.3) is 20.2 Å². The van der Waals surface area contributed by atoms with Gasteiger partial charge in [-0.1, -0.05) is 35.4 Å². The molecule has 1 aliphatic heterocycles. The summed E-state index contributed by atoms with van der Waals surface area (Å²) in [4.78, 5) is 24.7. The van der Waals surface area contributed by atoms with Gasteiger partial charge in [0.1, 0.15) is 12.1 Å². The number of hydrogen-bond donors (Lipinski definition) is 2. The third-order valence-corrected chi connectivity index (χ3v) is 7.83. The Morgan fingerprint density at radius 2 is 0.971 bits per heavy atom. The van der Waals surface area contributed by atoms with Gasteiger partial charge in [-0.05, 0) is 38.1 Å². The average Bonchev–Trinajstić information content (AvgIpc) is 2.77. The van der Waals surface area contributed by atoms with Crippen molar-refractivity contribution in [3.8, 4) is 0 Å². The zero-order chi connectivity index (χ0) is 24.9. The lowest BCUT2D eigenvalue weighted by atomic mass is 10.1. The molecule has 1 heterocycles. The molecule has 0 bridgehead atoms. The molecule has 2 amide bonds. The first-order chi connectivity index (χ1) is 16.0. The summed E-state index contributed by atoms with van der Waals surface area (Å²) >= 11 is 0. The maximum Gasteiger partial charge on any atom is 0.296 e. The van der Waals surface area contributed by atoms with Gasteiger partial charge in [-0.2, -0.15) is 16.8 Å². The van der Waals surface area contributed by atoms with E-state index in [2.05, 4.69) is 10.6 Å². The van der Waals surface area contributed by atoms with Crippen LogP contribution in [0.15, 0.2) is 58.3 Å². The fraction of sp³-hybridized carbons (Fsp3) is 0.364. The molecule has 2 aromatic carbocycles. The van der Waals surface area contributed by atoms with Gasteiger partial charge in [0.15, 0.2) is 0 Å². The molecule has 2 atom stereocenters. The standard InChI is InChI=1S/C22H26N2O8S2/c1-15-3-7-17(8-4-15)33(27,28)31-13-11-19-21(25)24-20(22(26)23-19)12-14-32-34(29,30)18-9-5-16(2)6-10-18/h3-10,19-20H,11-14H2,1-2H3,(H,23,26)(H,24,25)/t19-,20-/m0/s1. The SMILES string of the molecule is Cc1ccc(S(=O)(=O)OCC[C@@H]2NC(=O)[C@H](CCOS(=O)(=O)c3ccc(C)cc3)NC2=O)cc1. The van der Waals surface area contributed by atoms with Gasteiger partial charge in [-0.3, -0.25) is 18.0 Å². The molecule has 1 aliphatic rings. The summed E-state index contributed by atoms with van der Waals surface area (Å²) in [5, 5.41) is 5.01. The number of carbonyl (C=O) groups is 2. The van der Waals surface area contributed by atoms with E-state index in [-0.39, 0.29) is 35.8 Å². The fourth-order valence-corrected chi connectivity index (χ4v) is 5.02. The molecule has 0 aromatic heterocycles. The Morgan fingerprint density at radius 1 is 0.647 bits per heavy atom. The van der Waals surface area contributed by atoms with Crippen LogP contribution in [0.1, 0.15) is 24.0 Å². The second-order valence-electron chi connectivity index (χ2n) is 7.88. The lowest BCUT2D eigenvalue weighted by Crippen LogP contribution is -2.62. The van der Waals surface area contributed by atoms with Crippen molar-refractivity contribution < 1.29 is 34.8 Å². The van der Waals surface area contributed by atoms with Crippen molar-refractivity contribution in [2.45, 2.75) is 48.6 Å². The maximum atomic E-state index is 12.3. The van der Waals surface area contributed by atoms with Gasteiger partial charge in [0, 0.05) is 12.8 Å². The molecule has 1 fully saturated rings. The summed E-state index contributed by atoms with van der Waals surface area (Å²) in [6.45, 7) is 3.03. The minimum Gasteiger partial charge on any atom is -0.342 e. The van der Waals surface area contributed by atoms with E-state index in [1.54, 1.807) is 24.3 Å². The van der Waals surface area contributed by atoms with E-state index in [4.69, 9.17) is 8.37 Å². The largest absolute Gasteiger partial charge is 0.342 e. The molecular formula is C22H26N2O8S2. The van der Waals surface area contributed by atoms with E-state index >= 15 is 0 Å². The highest BCUT2D eigenvalue weighted by Crippen LogP contribution is 2.16. The second-order valence-corrected chi connectivity index (χ2v) is 11.1. The molecule has 1 saturated heterocycles. The number of rotatable bonds is 10. The van der Waals surface area contributed by atoms with E-state index in [1.165, 1.54) is 24.3 Å². The molecule has 2 N–H and O–H groups in total. The van der Waals surface area contributed by atoms with Gasteiger partial charge in [-0.25, -0.2) is 0 Å². The van der Waals surface area contributed by atoms with Gasteiger partial charge in [0.05, 0.1) is 23.0 Å². The Kier molecular flexibility index (Phi) is 8.08. The maximum absolute atomic E-state index is 12.3. The lowest BCUT2D eigenvalue weighted by molar-refractivity contribution is -0.137. The number of amides is 2. The van der Waals surface area contributed by atoms with Gasteiger partial charge >= 0.3 is 0 Å². The summed E-state index contributed by atoms with van der Waals surface area (Å²) in [5.41, 5.74) is 1.79. The van der Waals surface area contributed by atoms with Crippen LogP contribution in [-0.4, -0.2) is 53.9 Å². The first-order valence-corrected chi connectivity index (χ1v) is 13.3. The highest BCUT2D eigenvalue weighted by atomic mass is 32.2. The normalized spacial score (nSPS) is 18.9. The van der Waals surface area contributed by atoms with Gasteiger partial charge < -0.3 is 10.6 Å². The molecule has 2 aromatic rings. The predicted molar refractivity (Wildman–Crippen MR) is 122 cm³/mol. The summed E-state index contributed by atoms with van der Waals surface area (Å²) in [7, 11) is -7.98. The van der Waals surface area contributed by atoms with Gasteiger partial charge in [-0.15, -0.1) is 0 Å². The van der Waals surface area contributed by atoms with Crippen LogP contribution in [0.4, 0.5) is 0 Å². The van der Waals surface area contributed by atoms with Crippen LogP contribution in [0.3, 0.4) is 0 Å². The minimum atomic E-state index is -3.99. The Labute approximate surface area is 198 Å². The number of carbonyl (C=O) groups excluding carboxylic acids is 2. The first kappa shape index (κ1) is 25.8. The number of aryl methyl sites for hydroxylation is 2. The minimum absolute atomic E-state index is 0.00381. The predicted octanol–water partition coefficient (Wildman–Crippen LogP) is 1.18. The quantitative estimate of drug-likeness (QED) is 0.453. The molecule has 34 heavy (non-hydrogen) atoms. The van der Waals surface area contributed by atoms with E-state index in [9.17, 15) is 26.4 Å². The number of hydrogen-bond acceptors (Lipinski definition) is 8. The van der Waals surface area contributed by atoms with Crippen LogP contribution >= 0.6 is 0 Å². The highest BCUT2D eigenvalue weighted by Gasteiger charge is 2.34. The number of piperazine rings is 1. The molecule has 0 saturated carbocycles. The van der Waals surface area contributed by atoms with Crippen LogP contribution < -0.4 is 10.6 Å². The summed E-state index contributed by atoms with van der Waals surface area (Å²) in [6, 6.07) is 10.3.